The van der Waals surface area contributed by atoms with Gasteiger partial charge < -0.3 is 10.6 Å². The van der Waals surface area contributed by atoms with E-state index in [4.69, 9.17) is 0 Å². The molecule has 0 radical (unpaired) electrons. The molecule has 0 heterocycles. The molecule has 1 unspecified atom stereocenters. The molecule has 0 rings (SSSR count). The average Bonchev–Trinajstić information content (AvgIpc) is 2.23. The van der Waals surface area contributed by atoms with Crippen LogP contribution in [-0.2, 0) is 4.79 Å². The highest BCUT2D eigenvalue weighted by molar-refractivity contribution is 7.99. The van der Waals surface area contributed by atoms with E-state index in [1.54, 1.807) is 0 Å². The second kappa shape index (κ2) is 11.0. The molecule has 0 aliphatic rings. The predicted molar refractivity (Wildman–Crippen MR) is 72.9 cm³/mol. The van der Waals surface area contributed by atoms with Crippen molar-refractivity contribution >= 4 is 17.7 Å². The molecule has 0 aromatic rings. The summed E-state index contributed by atoms with van der Waals surface area (Å²) in [5.41, 5.74) is 0. The van der Waals surface area contributed by atoms with Crippen molar-refractivity contribution in [3.8, 4) is 0 Å². The Bertz CT molecular complexity index is 197. The Morgan fingerprint density at radius 3 is 2.94 bits per heavy atom. The first-order chi connectivity index (χ1) is 7.70. The Kier molecular flexibility index (Phi) is 10.7. The molecular formula is C12H24N2OS. The van der Waals surface area contributed by atoms with E-state index in [0.717, 1.165) is 30.9 Å². The molecule has 0 aliphatic heterocycles. The van der Waals surface area contributed by atoms with Crippen molar-refractivity contribution < 1.29 is 4.79 Å². The van der Waals surface area contributed by atoms with Gasteiger partial charge in [-0.1, -0.05) is 19.4 Å². The lowest BCUT2D eigenvalue weighted by atomic mass is 10.2. The van der Waals surface area contributed by atoms with Crippen LogP contribution in [0, 0.1) is 0 Å². The van der Waals surface area contributed by atoms with Crippen molar-refractivity contribution in [3.63, 3.8) is 0 Å². The first kappa shape index (κ1) is 15.5. The van der Waals surface area contributed by atoms with Gasteiger partial charge in [0.05, 0.1) is 6.54 Å². The molecule has 0 aromatic heterocycles. The lowest BCUT2D eigenvalue weighted by Crippen LogP contribution is -2.39. The average molecular weight is 244 g/mol. The highest BCUT2D eigenvalue weighted by atomic mass is 32.2. The largest absolute Gasteiger partial charge is 0.353 e. The first-order valence-electron chi connectivity index (χ1n) is 5.89. The summed E-state index contributed by atoms with van der Waals surface area (Å²) < 4.78 is 0. The van der Waals surface area contributed by atoms with E-state index in [9.17, 15) is 4.79 Å². The summed E-state index contributed by atoms with van der Waals surface area (Å²) in [4.78, 5) is 11.4. The summed E-state index contributed by atoms with van der Waals surface area (Å²) in [6, 6.07) is 0.287. The molecule has 0 bridgehead atoms. The minimum absolute atomic E-state index is 0.0923. The van der Waals surface area contributed by atoms with Crippen LogP contribution >= 0.6 is 11.8 Å². The van der Waals surface area contributed by atoms with Crippen molar-refractivity contribution in [2.45, 2.75) is 32.7 Å². The molecule has 1 atom stereocenters. The number of carbonyl (C=O) groups excluding carboxylic acids is 1. The summed E-state index contributed by atoms with van der Waals surface area (Å²) in [6.07, 6.45) is 4.04. The fourth-order valence-corrected chi connectivity index (χ4v) is 1.97. The Hall–Kier alpha value is -0.480. The van der Waals surface area contributed by atoms with E-state index < -0.39 is 0 Å². The molecule has 3 nitrogen and oxygen atoms in total. The summed E-state index contributed by atoms with van der Waals surface area (Å²) >= 11 is 1.81. The molecule has 0 aromatic carbocycles. The van der Waals surface area contributed by atoms with Gasteiger partial charge in [0.1, 0.15) is 0 Å². The van der Waals surface area contributed by atoms with E-state index in [2.05, 4.69) is 24.1 Å². The number of amides is 1. The van der Waals surface area contributed by atoms with Crippen molar-refractivity contribution in [1.29, 1.82) is 0 Å². The molecule has 0 saturated heterocycles. The van der Waals surface area contributed by atoms with Crippen LogP contribution in [0.3, 0.4) is 0 Å². The highest BCUT2D eigenvalue weighted by Gasteiger charge is 2.04. The first-order valence-corrected chi connectivity index (χ1v) is 7.04. The van der Waals surface area contributed by atoms with Gasteiger partial charge in [0.25, 0.3) is 0 Å². The van der Waals surface area contributed by atoms with Gasteiger partial charge >= 0.3 is 0 Å². The second-order valence-corrected chi connectivity index (χ2v) is 4.95. The van der Waals surface area contributed by atoms with Crippen molar-refractivity contribution in [2.24, 2.45) is 0 Å². The topological polar surface area (TPSA) is 41.1 Å². The fourth-order valence-electron chi connectivity index (χ4n) is 1.34. The zero-order valence-corrected chi connectivity index (χ0v) is 11.2. The number of carbonyl (C=O) groups is 1. The third-order valence-corrected chi connectivity index (χ3v) is 3.04. The van der Waals surface area contributed by atoms with E-state index in [0.29, 0.717) is 6.54 Å². The smallest absolute Gasteiger partial charge is 0.234 e. The maximum absolute atomic E-state index is 11.4. The lowest BCUT2D eigenvalue weighted by Gasteiger charge is -2.12. The third kappa shape index (κ3) is 10.1. The predicted octanol–water partition coefficient (Wildman–Crippen LogP) is 1.80. The van der Waals surface area contributed by atoms with Crippen LogP contribution in [0.15, 0.2) is 12.7 Å². The van der Waals surface area contributed by atoms with Crippen LogP contribution in [0.25, 0.3) is 0 Å². The lowest BCUT2D eigenvalue weighted by molar-refractivity contribution is -0.120. The van der Waals surface area contributed by atoms with Crippen LogP contribution in [-0.4, -0.2) is 36.5 Å². The third-order valence-electron chi connectivity index (χ3n) is 2.07. The Balaban J connectivity index is 3.33. The summed E-state index contributed by atoms with van der Waals surface area (Å²) in [6.45, 7) is 9.11. The Morgan fingerprint density at radius 2 is 2.31 bits per heavy atom. The van der Waals surface area contributed by atoms with E-state index >= 15 is 0 Å². The van der Waals surface area contributed by atoms with Crippen LogP contribution < -0.4 is 10.6 Å². The number of thioether (sulfide) groups is 1. The van der Waals surface area contributed by atoms with Gasteiger partial charge in [-0.3, -0.25) is 4.79 Å². The van der Waals surface area contributed by atoms with Crippen molar-refractivity contribution in [3.05, 3.63) is 12.7 Å². The van der Waals surface area contributed by atoms with E-state index in [1.807, 2.05) is 24.8 Å². The number of hydrogen-bond donors (Lipinski definition) is 2. The van der Waals surface area contributed by atoms with Gasteiger partial charge in [-0.15, -0.1) is 6.58 Å². The maximum atomic E-state index is 11.4. The summed E-state index contributed by atoms with van der Waals surface area (Å²) in [5, 5.41) is 6.08. The molecule has 1 amide bonds. The minimum atomic E-state index is 0.0923. The minimum Gasteiger partial charge on any atom is -0.353 e. The molecule has 94 valence electrons. The number of rotatable bonds is 10. The van der Waals surface area contributed by atoms with Gasteiger partial charge in [-0.25, -0.2) is 0 Å². The van der Waals surface area contributed by atoms with E-state index in [1.165, 1.54) is 0 Å². The Morgan fingerprint density at radius 1 is 1.56 bits per heavy atom. The normalized spacial score (nSPS) is 12.1. The monoisotopic (exact) mass is 244 g/mol. The van der Waals surface area contributed by atoms with Gasteiger partial charge in [-0.2, -0.15) is 11.8 Å². The van der Waals surface area contributed by atoms with Gasteiger partial charge in [0, 0.05) is 24.1 Å². The van der Waals surface area contributed by atoms with Gasteiger partial charge in [0.15, 0.2) is 0 Å². The van der Waals surface area contributed by atoms with Gasteiger partial charge in [-0.05, 0) is 13.3 Å². The summed E-state index contributed by atoms with van der Waals surface area (Å²) in [7, 11) is 0. The zero-order valence-electron chi connectivity index (χ0n) is 10.4. The van der Waals surface area contributed by atoms with Crippen molar-refractivity contribution in [1.82, 2.24) is 10.6 Å². The second-order valence-electron chi connectivity index (χ2n) is 3.80. The van der Waals surface area contributed by atoms with Crippen LogP contribution in [0.1, 0.15) is 26.7 Å². The van der Waals surface area contributed by atoms with Gasteiger partial charge in [0.2, 0.25) is 5.91 Å². The molecule has 2 N–H and O–H groups in total. The highest BCUT2D eigenvalue weighted by Crippen LogP contribution is 1.97. The van der Waals surface area contributed by atoms with Crippen LogP contribution in [0.4, 0.5) is 0 Å². The quantitative estimate of drug-likeness (QED) is 0.455. The number of hydrogen-bond acceptors (Lipinski definition) is 3. The standard InChI is InChI=1S/C12H24N2OS/c1-4-6-11(3)14-12(15)10-13-7-9-16-8-5-2/h5,11,13H,2,4,6-10H2,1,3H3,(H,14,15). The molecule has 0 saturated carbocycles. The van der Waals surface area contributed by atoms with Crippen LogP contribution in [0.5, 0.6) is 0 Å². The molecular weight excluding hydrogens is 220 g/mol. The molecule has 0 aliphatic carbocycles. The maximum Gasteiger partial charge on any atom is 0.234 e. The number of nitrogens with one attached hydrogen (secondary N) is 2. The molecule has 0 spiro atoms. The molecule has 4 heteroatoms. The Labute approximate surface area is 103 Å². The SMILES string of the molecule is C=CCSCCNCC(=O)NC(C)CCC. The fraction of sp³-hybridized carbons (Fsp3) is 0.750. The van der Waals surface area contributed by atoms with Crippen molar-refractivity contribution in [2.75, 3.05) is 24.6 Å². The summed E-state index contributed by atoms with van der Waals surface area (Å²) in [5.74, 6) is 2.08. The molecule has 0 fully saturated rings. The van der Waals surface area contributed by atoms with Crippen LogP contribution in [0.2, 0.25) is 0 Å². The zero-order chi connectivity index (χ0) is 12.2. The van der Waals surface area contributed by atoms with E-state index in [-0.39, 0.29) is 11.9 Å². The molecule has 16 heavy (non-hydrogen) atoms.